The van der Waals surface area contributed by atoms with Crippen LogP contribution in [0.3, 0.4) is 0 Å². The Balaban J connectivity index is 2.63. The molecule has 2 N–H and O–H groups in total. The van der Waals surface area contributed by atoms with Gasteiger partial charge in [-0.05, 0) is 13.0 Å². The van der Waals surface area contributed by atoms with Gasteiger partial charge in [-0.25, -0.2) is 4.79 Å². The Morgan fingerprint density at radius 2 is 1.90 bits per heavy atom. The normalized spacial score (nSPS) is 10.3. The van der Waals surface area contributed by atoms with Crippen molar-refractivity contribution in [3.8, 4) is 11.5 Å². The highest BCUT2D eigenvalue weighted by atomic mass is 16.5. The number of nitrogens with two attached hydrogens (primary N) is 1. The second-order valence-electron chi connectivity index (χ2n) is 4.03. The van der Waals surface area contributed by atoms with Crippen LogP contribution in [0.15, 0.2) is 18.3 Å². The highest BCUT2D eigenvalue weighted by Crippen LogP contribution is 2.34. The maximum Gasteiger partial charge on any atom is 0.341 e. The number of benzene rings is 1. The lowest BCUT2D eigenvalue weighted by atomic mass is 10.1. The summed E-state index contributed by atoms with van der Waals surface area (Å²) >= 11 is 0. The predicted molar refractivity (Wildman–Crippen MR) is 75.2 cm³/mol. The molecule has 6 nitrogen and oxygen atoms in total. The number of rotatable bonds is 4. The molecule has 2 rings (SSSR count). The molecule has 0 aliphatic carbocycles. The molecule has 0 amide bonds. The van der Waals surface area contributed by atoms with Gasteiger partial charge in [-0.1, -0.05) is 0 Å². The molecule has 0 unspecified atom stereocenters. The van der Waals surface area contributed by atoms with Crippen LogP contribution in [0.2, 0.25) is 0 Å². The van der Waals surface area contributed by atoms with Crippen molar-refractivity contribution >= 4 is 22.6 Å². The van der Waals surface area contributed by atoms with Crippen molar-refractivity contribution < 1.29 is 19.0 Å². The van der Waals surface area contributed by atoms with Gasteiger partial charge < -0.3 is 19.9 Å². The third-order valence-corrected chi connectivity index (χ3v) is 2.91. The summed E-state index contributed by atoms with van der Waals surface area (Å²) in [6, 6.07) is 3.40. The van der Waals surface area contributed by atoms with Crippen LogP contribution < -0.4 is 15.2 Å². The standard InChI is InChI=1S/C14H16N2O4/c1-4-20-14(17)9-7-16-10-6-12(19-3)11(18-2)5-8(10)13(9)15/h5-7H,4H2,1-3H3,(H2,15,16). The van der Waals surface area contributed by atoms with E-state index < -0.39 is 5.97 Å². The number of nitrogen functional groups attached to an aromatic ring is 1. The van der Waals surface area contributed by atoms with Crippen LogP contribution in [0.5, 0.6) is 11.5 Å². The molecule has 1 aromatic carbocycles. The van der Waals surface area contributed by atoms with Crippen LogP contribution in [0.25, 0.3) is 10.9 Å². The predicted octanol–water partition coefficient (Wildman–Crippen LogP) is 2.01. The number of esters is 1. The summed E-state index contributed by atoms with van der Waals surface area (Å²) in [5.41, 5.74) is 7.20. The number of aromatic nitrogens is 1. The number of carbonyl (C=O) groups excluding carboxylic acids is 1. The zero-order valence-corrected chi connectivity index (χ0v) is 11.6. The van der Waals surface area contributed by atoms with Gasteiger partial charge in [0, 0.05) is 17.6 Å². The Hall–Kier alpha value is -2.50. The molecule has 0 saturated carbocycles. The fourth-order valence-corrected chi connectivity index (χ4v) is 1.91. The van der Waals surface area contributed by atoms with E-state index in [9.17, 15) is 4.79 Å². The molecule has 0 spiro atoms. The Bertz CT molecular complexity index is 655. The first kappa shape index (κ1) is 13.9. The van der Waals surface area contributed by atoms with E-state index in [1.807, 2.05) is 0 Å². The summed E-state index contributed by atoms with van der Waals surface area (Å²) in [6.45, 7) is 2.01. The van der Waals surface area contributed by atoms with E-state index in [0.29, 0.717) is 28.1 Å². The summed E-state index contributed by atoms with van der Waals surface area (Å²) in [5, 5.41) is 0.619. The van der Waals surface area contributed by atoms with Crippen molar-refractivity contribution in [2.45, 2.75) is 6.92 Å². The maximum absolute atomic E-state index is 11.8. The number of anilines is 1. The van der Waals surface area contributed by atoms with Gasteiger partial charge in [-0.15, -0.1) is 0 Å². The molecular formula is C14H16N2O4. The minimum Gasteiger partial charge on any atom is -0.493 e. The van der Waals surface area contributed by atoms with Crippen molar-refractivity contribution in [1.82, 2.24) is 4.98 Å². The van der Waals surface area contributed by atoms with Crippen molar-refractivity contribution in [3.05, 3.63) is 23.9 Å². The summed E-state index contributed by atoms with van der Waals surface area (Å²) in [7, 11) is 3.07. The summed E-state index contributed by atoms with van der Waals surface area (Å²) in [4.78, 5) is 16.0. The van der Waals surface area contributed by atoms with Gasteiger partial charge in [0.15, 0.2) is 11.5 Å². The number of hydrogen-bond acceptors (Lipinski definition) is 6. The van der Waals surface area contributed by atoms with E-state index in [1.165, 1.54) is 13.3 Å². The lowest BCUT2D eigenvalue weighted by Crippen LogP contribution is -2.09. The van der Waals surface area contributed by atoms with E-state index in [-0.39, 0.29) is 12.2 Å². The number of methoxy groups -OCH3 is 2. The highest BCUT2D eigenvalue weighted by molar-refractivity contribution is 6.04. The molecule has 0 aliphatic heterocycles. The van der Waals surface area contributed by atoms with E-state index in [2.05, 4.69) is 4.98 Å². The Labute approximate surface area is 116 Å². The molecule has 0 atom stereocenters. The van der Waals surface area contributed by atoms with Gasteiger partial charge in [0.2, 0.25) is 0 Å². The molecule has 0 bridgehead atoms. The average Bonchev–Trinajstić information content (AvgIpc) is 2.46. The Morgan fingerprint density at radius 3 is 2.50 bits per heavy atom. The number of carbonyl (C=O) groups is 1. The van der Waals surface area contributed by atoms with E-state index in [1.54, 1.807) is 26.2 Å². The molecule has 20 heavy (non-hydrogen) atoms. The Kier molecular flexibility index (Phi) is 3.93. The van der Waals surface area contributed by atoms with E-state index >= 15 is 0 Å². The molecule has 106 valence electrons. The van der Waals surface area contributed by atoms with Crippen molar-refractivity contribution in [2.24, 2.45) is 0 Å². The second-order valence-corrected chi connectivity index (χ2v) is 4.03. The number of pyridine rings is 1. The number of ether oxygens (including phenoxy) is 3. The first-order valence-electron chi connectivity index (χ1n) is 6.09. The molecular weight excluding hydrogens is 260 g/mol. The average molecular weight is 276 g/mol. The maximum atomic E-state index is 11.8. The van der Waals surface area contributed by atoms with Gasteiger partial charge in [0.25, 0.3) is 0 Å². The lowest BCUT2D eigenvalue weighted by molar-refractivity contribution is 0.0527. The first-order chi connectivity index (χ1) is 9.62. The lowest BCUT2D eigenvalue weighted by Gasteiger charge is -2.12. The SMILES string of the molecule is CCOC(=O)c1cnc2cc(OC)c(OC)cc2c1N. The van der Waals surface area contributed by atoms with E-state index in [4.69, 9.17) is 19.9 Å². The molecule has 0 fully saturated rings. The van der Waals surface area contributed by atoms with Crippen LogP contribution in [-0.2, 0) is 4.74 Å². The van der Waals surface area contributed by atoms with Gasteiger partial charge in [0.1, 0.15) is 5.56 Å². The monoisotopic (exact) mass is 276 g/mol. The van der Waals surface area contributed by atoms with Crippen LogP contribution in [-0.4, -0.2) is 31.8 Å². The molecule has 6 heteroatoms. The number of nitrogens with zero attached hydrogens (tertiary/aromatic N) is 1. The number of fused-ring (bicyclic) bond motifs is 1. The largest absolute Gasteiger partial charge is 0.493 e. The van der Waals surface area contributed by atoms with Gasteiger partial charge in [-0.3, -0.25) is 4.98 Å². The topological polar surface area (TPSA) is 83.7 Å². The minimum atomic E-state index is -0.491. The molecule has 1 aromatic heterocycles. The third-order valence-electron chi connectivity index (χ3n) is 2.91. The fraction of sp³-hybridized carbons (Fsp3) is 0.286. The van der Waals surface area contributed by atoms with Gasteiger partial charge in [0.05, 0.1) is 32.0 Å². The quantitative estimate of drug-likeness (QED) is 0.860. The molecule has 0 aliphatic rings. The molecule has 0 radical (unpaired) electrons. The van der Waals surface area contributed by atoms with Crippen LogP contribution in [0.1, 0.15) is 17.3 Å². The molecule has 2 aromatic rings. The molecule has 0 saturated heterocycles. The van der Waals surface area contributed by atoms with E-state index in [0.717, 1.165) is 0 Å². The van der Waals surface area contributed by atoms with Crippen molar-refractivity contribution in [2.75, 3.05) is 26.6 Å². The highest BCUT2D eigenvalue weighted by Gasteiger charge is 2.16. The van der Waals surface area contributed by atoms with Gasteiger partial charge in [-0.2, -0.15) is 0 Å². The smallest absolute Gasteiger partial charge is 0.341 e. The minimum absolute atomic E-state index is 0.242. The third kappa shape index (κ3) is 2.32. The summed E-state index contributed by atoms with van der Waals surface area (Å²) < 4.78 is 15.4. The second kappa shape index (κ2) is 5.64. The first-order valence-corrected chi connectivity index (χ1v) is 6.09. The summed E-state index contributed by atoms with van der Waals surface area (Å²) in [6.07, 6.45) is 1.40. The molecule has 1 heterocycles. The zero-order valence-electron chi connectivity index (χ0n) is 11.6. The summed E-state index contributed by atoms with van der Waals surface area (Å²) in [5.74, 6) is 0.583. The fourth-order valence-electron chi connectivity index (χ4n) is 1.91. The van der Waals surface area contributed by atoms with Gasteiger partial charge >= 0.3 is 5.97 Å². The number of hydrogen-bond donors (Lipinski definition) is 1. The van der Waals surface area contributed by atoms with Crippen molar-refractivity contribution in [3.63, 3.8) is 0 Å². The Morgan fingerprint density at radius 1 is 1.25 bits per heavy atom. The van der Waals surface area contributed by atoms with Crippen LogP contribution in [0, 0.1) is 0 Å². The van der Waals surface area contributed by atoms with Crippen LogP contribution >= 0.6 is 0 Å². The zero-order chi connectivity index (χ0) is 14.7. The van der Waals surface area contributed by atoms with Crippen molar-refractivity contribution in [1.29, 1.82) is 0 Å². The van der Waals surface area contributed by atoms with Crippen LogP contribution in [0.4, 0.5) is 5.69 Å².